The van der Waals surface area contributed by atoms with Crippen molar-refractivity contribution in [3.8, 4) is 5.75 Å². The molecule has 27 heavy (non-hydrogen) atoms. The lowest BCUT2D eigenvalue weighted by Crippen LogP contribution is -2.45. The Balaban J connectivity index is 1.37. The van der Waals surface area contributed by atoms with E-state index in [1.165, 1.54) is 16.6 Å². The predicted octanol–water partition coefficient (Wildman–Crippen LogP) is 2.72. The van der Waals surface area contributed by atoms with Crippen LogP contribution in [0, 0.1) is 0 Å². The number of amides is 1. The van der Waals surface area contributed by atoms with Crippen LogP contribution in [0.4, 0.5) is 0 Å². The predicted molar refractivity (Wildman–Crippen MR) is 105 cm³/mol. The number of rotatable bonds is 6. The Kier molecular flexibility index (Phi) is 5.09. The molecule has 4 rings (SSSR count). The van der Waals surface area contributed by atoms with Gasteiger partial charge in [-0.3, -0.25) is 4.79 Å². The first-order chi connectivity index (χ1) is 13.2. The Morgan fingerprint density at radius 1 is 1.15 bits per heavy atom. The summed E-state index contributed by atoms with van der Waals surface area (Å²) in [4.78, 5) is 12.2. The van der Waals surface area contributed by atoms with Gasteiger partial charge in [0.25, 0.3) is 5.91 Å². The minimum atomic E-state index is -0.144. The molecule has 1 aliphatic heterocycles. The van der Waals surface area contributed by atoms with E-state index in [1.807, 2.05) is 30.3 Å². The summed E-state index contributed by atoms with van der Waals surface area (Å²) in [7, 11) is 0. The summed E-state index contributed by atoms with van der Waals surface area (Å²) in [6, 6.07) is 20.1. The maximum atomic E-state index is 12.2. The fourth-order valence-electron chi connectivity index (χ4n) is 3.62. The van der Waals surface area contributed by atoms with Gasteiger partial charge in [0.05, 0.1) is 12.2 Å². The molecule has 0 aliphatic carbocycles. The van der Waals surface area contributed by atoms with Crippen LogP contribution < -0.4 is 20.9 Å². The first-order valence-electron chi connectivity index (χ1n) is 9.31. The number of hydrogen-bond donors (Lipinski definition) is 3. The van der Waals surface area contributed by atoms with Gasteiger partial charge in [0.2, 0.25) is 0 Å². The highest BCUT2D eigenvalue weighted by Gasteiger charge is 2.28. The number of benzene rings is 2. The van der Waals surface area contributed by atoms with Gasteiger partial charge in [0.15, 0.2) is 6.61 Å². The lowest BCUT2D eigenvalue weighted by molar-refractivity contribution is -0.123. The molecule has 1 fully saturated rings. The van der Waals surface area contributed by atoms with Gasteiger partial charge in [-0.05, 0) is 36.6 Å². The molecule has 2 heterocycles. The summed E-state index contributed by atoms with van der Waals surface area (Å²) >= 11 is 0. The van der Waals surface area contributed by atoms with E-state index in [9.17, 15) is 4.79 Å². The Labute approximate surface area is 158 Å². The quantitative estimate of drug-likeness (QED) is 0.629. The highest BCUT2D eigenvalue weighted by molar-refractivity contribution is 5.81. The van der Waals surface area contributed by atoms with Crippen molar-refractivity contribution in [2.45, 2.75) is 32.1 Å². The van der Waals surface area contributed by atoms with Crippen LogP contribution in [0.3, 0.4) is 0 Å². The Morgan fingerprint density at radius 2 is 1.93 bits per heavy atom. The largest absolute Gasteiger partial charge is 0.484 e. The molecular formula is C21H24N4O2. The van der Waals surface area contributed by atoms with Crippen molar-refractivity contribution in [3.05, 3.63) is 66.4 Å². The Bertz CT molecular complexity index is 922. The van der Waals surface area contributed by atoms with Crippen LogP contribution in [-0.2, 0) is 11.3 Å². The molecule has 2 aromatic carbocycles. The van der Waals surface area contributed by atoms with Crippen molar-refractivity contribution in [2.24, 2.45) is 0 Å². The van der Waals surface area contributed by atoms with Crippen LogP contribution >= 0.6 is 0 Å². The molecule has 0 bridgehead atoms. The fraction of sp³-hybridized carbons (Fsp3) is 0.286. The number of nitrogens with one attached hydrogen (secondary N) is 3. The second-order valence-corrected chi connectivity index (χ2v) is 6.67. The zero-order valence-electron chi connectivity index (χ0n) is 15.3. The number of aryl methyl sites for hydroxylation is 1. The van der Waals surface area contributed by atoms with Crippen molar-refractivity contribution in [1.82, 2.24) is 20.7 Å². The molecule has 0 saturated carbocycles. The number of hydrogen-bond acceptors (Lipinski definition) is 4. The average molecular weight is 364 g/mol. The van der Waals surface area contributed by atoms with Crippen LogP contribution in [0.2, 0.25) is 0 Å². The van der Waals surface area contributed by atoms with E-state index >= 15 is 0 Å². The summed E-state index contributed by atoms with van der Waals surface area (Å²) in [5.41, 5.74) is 8.95. The second-order valence-electron chi connectivity index (χ2n) is 6.67. The zero-order valence-corrected chi connectivity index (χ0v) is 15.3. The summed E-state index contributed by atoms with van der Waals surface area (Å²) in [5.74, 6) is 0.547. The van der Waals surface area contributed by atoms with Crippen LogP contribution in [0.1, 0.15) is 25.1 Å². The topological polar surface area (TPSA) is 67.3 Å². The molecule has 3 N–H and O–H groups in total. The lowest BCUT2D eigenvalue weighted by atomic mass is 10.1. The number of fused-ring (bicyclic) bond motifs is 1. The molecule has 1 aliphatic rings. The van der Waals surface area contributed by atoms with Gasteiger partial charge in [0, 0.05) is 24.2 Å². The van der Waals surface area contributed by atoms with Gasteiger partial charge >= 0.3 is 0 Å². The van der Waals surface area contributed by atoms with Gasteiger partial charge in [-0.15, -0.1) is 0 Å². The maximum absolute atomic E-state index is 12.2. The zero-order chi connectivity index (χ0) is 18.6. The van der Waals surface area contributed by atoms with Crippen LogP contribution in [-0.4, -0.2) is 23.2 Å². The van der Waals surface area contributed by atoms with Gasteiger partial charge < -0.3 is 14.6 Å². The van der Waals surface area contributed by atoms with Crippen LogP contribution in [0.15, 0.2) is 60.7 Å². The highest BCUT2D eigenvalue weighted by atomic mass is 16.5. The first-order valence-corrected chi connectivity index (χ1v) is 9.31. The average Bonchev–Trinajstić information content (AvgIpc) is 3.31. The van der Waals surface area contributed by atoms with Crippen molar-refractivity contribution in [3.63, 3.8) is 0 Å². The van der Waals surface area contributed by atoms with E-state index in [0.29, 0.717) is 5.75 Å². The number of nitrogens with zero attached hydrogens (tertiary/aromatic N) is 1. The minimum Gasteiger partial charge on any atom is -0.484 e. The minimum absolute atomic E-state index is 0.00207. The maximum Gasteiger partial charge on any atom is 0.259 e. The first kappa shape index (κ1) is 17.6. The molecule has 0 radical (unpaired) electrons. The monoisotopic (exact) mass is 364 g/mol. The van der Waals surface area contributed by atoms with Crippen molar-refractivity contribution in [2.75, 3.05) is 6.61 Å². The molecule has 6 heteroatoms. The number of ether oxygens (including phenoxy) is 1. The molecule has 6 nitrogen and oxygen atoms in total. The fourth-order valence-corrected chi connectivity index (χ4v) is 3.62. The second kappa shape index (κ2) is 7.82. The van der Waals surface area contributed by atoms with Crippen LogP contribution in [0.25, 0.3) is 10.9 Å². The Hall–Kier alpha value is -2.83. The van der Waals surface area contributed by atoms with Gasteiger partial charge in [-0.1, -0.05) is 36.4 Å². The Morgan fingerprint density at radius 3 is 2.74 bits per heavy atom. The van der Waals surface area contributed by atoms with Crippen molar-refractivity contribution >= 4 is 16.8 Å². The molecule has 1 saturated heterocycles. The van der Waals surface area contributed by atoms with E-state index < -0.39 is 0 Å². The molecule has 1 aromatic heterocycles. The summed E-state index contributed by atoms with van der Waals surface area (Å²) < 4.78 is 7.82. The van der Waals surface area contributed by atoms with E-state index in [4.69, 9.17) is 4.74 Å². The SMILES string of the molecule is CCn1c(C2CC(NC(=O)COc3ccccc3)NN2)cc2ccccc21. The van der Waals surface area contributed by atoms with E-state index in [0.717, 1.165) is 13.0 Å². The van der Waals surface area contributed by atoms with Crippen molar-refractivity contribution < 1.29 is 9.53 Å². The molecule has 2 atom stereocenters. The third kappa shape index (κ3) is 3.82. The third-order valence-electron chi connectivity index (χ3n) is 4.87. The van der Waals surface area contributed by atoms with Gasteiger partial charge in [0.1, 0.15) is 5.75 Å². The molecule has 140 valence electrons. The number of carbonyl (C=O) groups excluding carboxylic acids is 1. The lowest BCUT2D eigenvalue weighted by Gasteiger charge is -2.14. The van der Waals surface area contributed by atoms with E-state index in [2.05, 4.69) is 58.0 Å². The van der Waals surface area contributed by atoms with Crippen molar-refractivity contribution in [1.29, 1.82) is 0 Å². The molecule has 1 amide bonds. The summed E-state index contributed by atoms with van der Waals surface area (Å²) in [5, 5.41) is 4.21. The number of hydrazine groups is 1. The normalized spacial score (nSPS) is 19.3. The molecular weight excluding hydrogens is 340 g/mol. The third-order valence-corrected chi connectivity index (χ3v) is 4.87. The number of carbonyl (C=O) groups is 1. The van der Waals surface area contributed by atoms with E-state index in [-0.39, 0.29) is 24.7 Å². The molecule has 3 aromatic rings. The number of aromatic nitrogens is 1. The highest BCUT2D eigenvalue weighted by Crippen LogP contribution is 2.28. The van der Waals surface area contributed by atoms with Gasteiger partial charge in [-0.25, -0.2) is 10.9 Å². The van der Waals surface area contributed by atoms with Gasteiger partial charge in [-0.2, -0.15) is 0 Å². The molecule has 2 unspecified atom stereocenters. The van der Waals surface area contributed by atoms with E-state index in [1.54, 1.807) is 0 Å². The van der Waals surface area contributed by atoms with Crippen LogP contribution in [0.5, 0.6) is 5.75 Å². The summed E-state index contributed by atoms with van der Waals surface area (Å²) in [6.07, 6.45) is 0.637. The standard InChI is InChI=1S/C21H24N4O2/c1-2-25-18-11-7-6-8-15(18)12-19(25)17-13-20(24-23-17)22-21(26)14-27-16-9-4-3-5-10-16/h3-12,17,20,23-24H,2,13-14H2,1H3,(H,22,26). The summed E-state index contributed by atoms with van der Waals surface area (Å²) in [6.45, 7) is 3.06. The molecule has 0 spiro atoms. The number of para-hydroxylation sites is 2. The smallest absolute Gasteiger partial charge is 0.259 e.